The van der Waals surface area contributed by atoms with Gasteiger partial charge in [0, 0.05) is 42.0 Å². The van der Waals surface area contributed by atoms with Crippen LogP contribution in [-0.2, 0) is 13.0 Å². The molecule has 5 rings (SSSR count). The summed E-state index contributed by atoms with van der Waals surface area (Å²) >= 11 is 0. The van der Waals surface area contributed by atoms with Crippen LogP contribution in [-0.4, -0.2) is 22.4 Å². The molecular formula is C31H35N5O. The largest absolute Gasteiger partial charge is 0.366 e. The molecule has 1 aliphatic rings. The van der Waals surface area contributed by atoms with Crippen molar-refractivity contribution in [3.05, 3.63) is 94.2 Å². The highest BCUT2D eigenvalue weighted by Gasteiger charge is 2.29. The molecule has 6 nitrogen and oxygen atoms in total. The molecular weight excluding hydrogens is 458 g/mol. The fraction of sp³-hybridized carbons (Fsp3) is 0.290. The van der Waals surface area contributed by atoms with Crippen molar-refractivity contribution in [3.8, 4) is 16.9 Å². The summed E-state index contributed by atoms with van der Waals surface area (Å²) in [6.45, 7) is 12.6. The summed E-state index contributed by atoms with van der Waals surface area (Å²) in [7, 11) is 0. The Kier molecular flexibility index (Phi) is 6.50. The van der Waals surface area contributed by atoms with E-state index in [1.165, 1.54) is 27.9 Å². The van der Waals surface area contributed by atoms with Gasteiger partial charge in [-0.3, -0.25) is 0 Å². The molecule has 3 N–H and O–H groups in total. The minimum Gasteiger partial charge on any atom is -0.366 e. The average molecular weight is 494 g/mol. The quantitative estimate of drug-likeness (QED) is 0.327. The maximum absolute atomic E-state index is 11.4. The van der Waals surface area contributed by atoms with Crippen molar-refractivity contribution in [2.45, 2.75) is 53.5 Å². The van der Waals surface area contributed by atoms with Crippen LogP contribution in [0, 0.1) is 20.8 Å². The first-order valence-electron chi connectivity index (χ1n) is 12.9. The number of carbonyl (C=O) groups excluding carboxylic acids is 1. The first kappa shape index (κ1) is 24.6. The number of amides is 2. The standard InChI is InChI=1S/C31H35N5O/c1-19(2)24-11-6-7-12-28(24)35-16-15-27-26(18-35)30(25-14-13-23(17-22(25)5)33-31(32)37)36(34-27)29-20(3)9-8-10-21(29)4/h6-14,17,19H,15-16,18H2,1-5H3,(H3,32,33,37). The molecule has 4 aromatic rings. The molecule has 2 heterocycles. The molecule has 0 aliphatic carbocycles. The molecule has 0 radical (unpaired) electrons. The van der Waals surface area contributed by atoms with Gasteiger partial charge in [-0.05, 0) is 67.1 Å². The van der Waals surface area contributed by atoms with Gasteiger partial charge in [0.2, 0.25) is 0 Å². The van der Waals surface area contributed by atoms with Crippen LogP contribution in [0.2, 0.25) is 0 Å². The zero-order valence-electron chi connectivity index (χ0n) is 22.3. The fourth-order valence-corrected chi connectivity index (χ4v) is 5.57. The number of aromatic nitrogens is 2. The second-order valence-corrected chi connectivity index (χ2v) is 10.3. The Labute approximate surface area is 219 Å². The monoisotopic (exact) mass is 493 g/mol. The minimum atomic E-state index is -0.565. The zero-order chi connectivity index (χ0) is 26.3. The number of anilines is 2. The molecule has 0 saturated heterocycles. The lowest BCUT2D eigenvalue weighted by molar-refractivity contribution is 0.259. The van der Waals surface area contributed by atoms with E-state index in [0.29, 0.717) is 11.6 Å². The van der Waals surface area contributed by atoms with E-state index in [1.807, 2.05) is 12.1 Å². The molecule has 3 aromatic carbocycles. The van der Waals surface area contributed by atoms with Crippen molar-refractivity contribution >= 4 is 17.4 Å². The Morgan fingerprint density at radius 1 is 0.973 bits per heavy atom. The van der Waals surface area contributed by atoms with Gasteiger partial charge in [-0.15, -0.1) is 0 Å². The summed E-state index contributed by atoms with van der Waals surface area (Å²) in [6.07, 6.45) is 0.882. The summed E-state index contributed by atoms with van der Waals surface area (Å²) in [6, 6.07) is 20.5. The minimum absolute atomic E-state index is 0.446. The second-order valence-electron chi connectivity index (χ2n) is 10.3. The van der Waals surface area contributed by atoms with E-state index in [4.69, 9.17) is 10.8 Å². The average Bonchev–Trinajstić information content (AvgIpc) is 3.21. The number of primary amides is 1. The summed E-state index contributed by atoms with van der Waals surface area (Å²) < 4.78 is 2.15. The lowest BCUT2D eigenvalue weighted by Gasteiger charge is -2.31. The number of nitrogens with zero attached hydrogens (tertiary/aromatic N) is 3. The van der Waals surface area contributed by atoms with Gasteiger partial charge in [0.15, 0.2) is 0 Å². The number of rotatable bonds is 5. The summed E-state index contributed by atoms with van der Waals surface area (Å²) in [4.78, 5) is 13.9. The van der Waals surface area contributed by atoms with Gasteiger partial charge >= 0.3 is 6.03 Å². The third kappa shape index (κ3) is 4.59. The van der Waals surface area contributed by atoms with Crippen molar-refractivity contribution in [1.29, 1.82) is 0 Å². The van der Waals surface area contributed by atoms with Gasteiger partial charge in [-0.1, -0.05) is 56.3 Å². The Bertz CT molecular complexity index is 1460. The molecule has 0 atom stereocenters. The molecule has 6 heteroatoms. The van der Waals surface area contributed by atoms with E-state index >= 15 is 0 Å². The van der Waals surface area contributed by atoms with Crippen molar-refractivity contribution in [2.75, 3.05) is 16.8 Å². The number of fused-ring (bicyclic) bond motifs is 1. The molecule has 37 heavy (non-hydrogen) atoms. The van der Waals surface area contributed by atoms with Crippen LogP contribution in [0.3, 0.4) is 0 Å². The SMILES string of the molecule is Cc1cc(NC(N)=O)ccc1-c1c2c(nn1-c1c(C)cccc1C)CCN(c1ccccc1C(C)C)C2. The van der Waals surface area contributed by atoms with Gasteiger partial charge < -0.3 is 16.0 Å². The van der Waals surface area contributed by atoms with Crippen LogP contribution in [0.4, 0.5) is 16.2 Å². The number of urea groups is 1. The molecule has 0 spiro atoms. The third-order valence-corrected chi connectivity index (χ3v) is 7.33. The van der Waals surface area contributed by atoms with Gasteiger partial charge in [-0.2, -0.15) is 5.10 Å². The number of aryl methyl sites for hydroxylation is 3. The van der Waals surface area contributed by atoms with Gasteiger partial charge in [0.1, 0.15) is 0 Å². The van der Waals surface area contributed by atoms with Gasteiger partial charge in [0.05, 0.1) is 17.1 Å². The number of hydrogen-bond acceptors (Lipinski definition) is 3. The van der Waals surface area contributed by atoms with E-state index in [9.17, 15) is 4.79 Å². The highest BCUT2D eigenvalue weighted by Crippen LogP contribution is 2.39. The topological polar surface area (TPSA) is 76.2 Å². The lowest BCUT2D eigenvalue weighted by atomic mass is 9.95. The normalized spacial score (nSPS) is 13.1. The van der Waals surface area contributed by atoms with Crippen LogP contribution in [0.1, 0.15) is 53.3 Å². The predicted molar refractivity (Wildman–Crippen MR) is 152 cm³/mol. The highest BCUT2D eigenvalue weighted by atomic mass is 16.2. The molecule has 0 bridgehead atoms. The number of para-hydroxylation sites is 2. The van der Waals surface area contributed by atoms with E-state index in [2.05, 4.69) is 98.0 Å². The molecule has 2 amide bonds. The van der Waals surface area contributed by atoms with Crippen molar-refractivity contribution in [3.63, 3.8) is 0 Å². The fourth-order valence-electron chi connectivity index (χ4n) is 5.57. The Balaban J connectivity index is 1.69. The van der Waals surface area contributed by atoms with E-state index < -0.39 is 6.03 Å². The predicted octanol–water partition coefficient (Wildman–Crippen LogP) is 6.64. The van der Waals surface area contributed by atoms with E-state index in [1.54, 1.807) is 0 Å². The highest BCUT2D eigenvalue weighted by molar-refractivity contribution is 5.88. The van der Waals surface area contributed by atoms with Crippen LogP contribution in [0.5, 0.6) is 0 Å². The molecule has 1 aliphatic heterocycles. The Morgan fingerprint density at radius 3 is 2.38 bits per heavy atom. The Morgan fingerprint density at radius 2 is 1.70 bits per heavy atom. The maximum atomic E-state index is 11.4. The first-order chi connectivity index (χ1) is 17.7. The number of nitrogens with two attached hydrogens (primary N) is 1. The molecule has 190 valence electrons. The Hall–Kier alpha value is -4.06. The second kappa shape index (κ2) is 9.77. The zero-order valence-corrected chi connectivity index (χ0v) is 22.3. The number of hydrogen-bond donors (Lipinski definition) is 2. The number of carbonyl (C=O) groups is 1. The van der Waals surface area contributed by atoms with Crippen LogP contribution in [0.25, 0.3) is 16.9 Å². The van der Waals surface area contributed by atoms with Crippen LogP contribution in [0.15, 0.2) is 60.7 Å². The summed E-state index contributed by atoms with van der Waals surface area (Å²) in [5.74, 6) is 0.446. The summed E-state index contributed by atoms with van der Waals surface area (Å²) in [5, 5.41) is 7.92. The maximum Gasteiger partial charge on any atom is 0.316 e. The van der Waals surface area contributed by atoms with Crippen LogP contribution < -0.4 is 16.0 Å². The summed E-state index contributed by atoms with van der Waals surface area (Å²) in [5.41, 5.74) is 17.9. The third-order valence-electron chi connectivity index (χ3n) is 7.33. The van der Waals surface area contributed by atoms with Crippen molar-refractivity contribution < 1.29 is 4.79 Å². The van der Waals surface area contributed by atoms with Gasteiger partial charge in [0.25, 0.3) is 0 Å². The van der Waals surface area contributed by atoms with Crippen molar-refractivity contribution in [1.82, 2.24) is 9.78 Å². The smallest absolute Gasteiger partial charge is 0.316 e. The van der Waals surface area contributed by atoms with E-state index in [0.717, 1.165) is 47.7 Å². The van der Waals surface area contributed by atoms with Crippen molar-refractivity contribution in [2.24, 2.45) is 5.73 Å². The molecule has 0 saturated carbocycles. The lowest BCUT2D eigenvalue weighted by Crippen LogP contribution is -2.31. The first-order valence-corrected chi connectivity index (χ1v) is 12.9. The molecule has 0 fully saturated rings. The number of nitrogens with one attached hydrogen (secondary N) is 1. The molecule has 0 unspecified atom stereocenters. The molecule has 1 aromatic heterocycles. The van der Waals surface area contributed by atoms with Crippen LogP contribution >= 0.6 is 0 Å². The number of benzene rings is 3. The van der Waals surface area contributed by atoms with E-state index in [-0.39, 0.29) is 0 Å². The van der Waals surface area contributed by atoms with Gasteiger partial charge in [-0.25, -0.2) is 9.48 Å².